The highest BCUT2D eigenvalue weighted by Crippen LogP contribution is 2.27. The van der Waals surface area contributed by atoms with Gasteiger partial charge in [-0.05, 0) is 67.5 Å². The Morgan fingerprint density at radius 1 is 1.06 bits per heavy atom. The number of benzene rings is 3. The molecule has 1 aliphatic heterocycles. The van der Waals surface area contributed by atoms with Crippen molar-refractivity contribution in [2.24, 2.45) is 0 Å². The zero-order valence-electron chi connectivity index (χ0n) is 20.1. The predicted molar refractivity (Wildman–Crippen MR) is 146 cm³/mol. The Labute approximate surface area is 220 Å². The molecule has 0 radical (unpaired) electrons. The van der Waals surface area contributed by atoms with E-state index in [4.69, 9.17) is 28.2 Å². The fourth-order valence-corrected chi connectivity index (χ4v) is 6.22. The Hall–Kier alpha value is -2.85. The summed E-state index contributed by atoms with van der Waals surface area (Å²) < 4.78 is 36.2. The van der Waals surface area contributed by atoms with Gasteiger partial charge in [-0.2, -0.15) is 0 Å². The van der Waals surface area contributed by atoms with E-state index in [9.17, 15) is 8.42 Å². The first-order valence-electron chi connectivity index (χ1n) is 11.8. The van der Waals surface area contributed by atoms with Crippen molar-refractivity contribution in [2.45, 2.75) is 25.4 Å². The molecule has 2 heterocycles. The van der Waals surface area contributed by atoms with E-state index in [0.29, 0.717) is 27.8 Å². The summed E-state index contributed by atoms with van der Waals surface area (Å²) in [4.78, 5) is 4.26. The number of nitrogens with zero attached hydrogens (tertiary/aromatic N) is 2. The van der Waals surface area contributed by atoms with Gasteiger partial charge in [-0.1, -0.05) is 35.9 Å². The van der Waals surface area contributed by atoms with E-state index >= 15 is 0 Å². The van der Waals surface area contributed by atoms with Gasteiger partial charge in [-0.3, -0.25) is 9.29 Å². The second-order valence-corrected chi connectivity index (χ2v) is 11.6. The van der Waals surface area contributed by atoms with Crippen LogP contribution in [0.4, 0.5) is 11.4 Å². The average molecular weight is 544 g/mol. The van der Waals surface area contributed by atoms with Crippen LogP contribution in [0.3, 0.4) is 0 Å². The lowest BCUT2D eigenvalue weighted by atomic mass is 10.1. The molecule has 188 valence electrons. The van der Waals surface area contributed by atoms with Gasteiger partial charge >= 0.3 is 0 Å². The number of aromatic nitrogens is 1. The molecule has 1 saturated heterocycles. The van der Waals surface area contributed by atoms with Crippen LogP contribution < -0.4 is 14.5 Å². The average Bonchev–Trinajstić information content (AvgIpc) is 3.17. The summed E-state index contributed by atoms with van der Waals surface area (Å²) in [6, 6.07) is 18.0. The van der Waals surface area contributed by atoms with Crippen LogP contribution in [0.15, 0.2) is 70.0 Å². The standard InChI is InChI=1S/C26H27ClN4O3S2/c1-18-6-5-9-23(19(18)2)30-14-12-29(13-15-30)17-31-24-11-10-20(16-25(24)34-26(31)35)36(32,33)28-22-8-4-3-7-21(22)27/h3-11,16,28H,12-15,17H2,1-2H3/p+1. The molecule has 5 rings (SSSR count). The minimum absolute atomic E-state index is 0.0836. The van der Waals surface area contributed by atoms with E-state index in [2.05, 4.69) is 41.7 Å². The monoisotopic (exact) mass is 543 g/mol. The largest absolute Gasteiger partial charge is 0.429 e. The summed E-state index contributed by atoms with van der Waals surface area (Å²) in [5.74, 6) is 0. The zero-order valence-corrected chi connectivity index (χ0v) is 22.5. The van der Waals surface area contributed by atoms with Crippen molar-refractivity contribution in [3.8, 4) is 0 Å². The van der Waals surface area contributed by atoms with Gasteiger partial charge in [-0.15, -0.1) is 0 Å². The van der Waals surface area contributed by atoms with Crippen molar-refractivity contribution in [3.05, 3.63) is 81.7 Å². The first-order chi connectivity index (χ1) is 17.2. The number of aryl methyl sites for hydroxylation is 1. The van der Waals surface area contributed by atoms with Gasteiger partial charge in [0, 0.05) is 11.8 Å². The van der Waals surface area contributed by atoms with Gasteiger partial charge in [0.15, 0.2) is 12.3 Å². The van der Waals surface area contributed by atoms with Crippen molar-refractivity contribution < 1.29 is 17.7 Å². The minimum Gasteiger partial charge on any atom is -0.429 e. The number of fused-ring (bicyclic) bond motifs is 1. The van der Waals surface area contributed by atoms with Crippen molar-refractivity contribution in [1.82, 2.24) is 4.57 Å². The Bertz CT molecular complexity index is 1590. The quantitative estimate of drug-likeness (QED) is 0.353. The number of oxazole rings is 1. The first kappa shape index (κ1) is 24.8. The lowest BCUT2D eigenvalue weighted by molar-refractivity contribution is -0.923. The molecule has 1 fully saturated rings. The molecule has 0 atom stereocenters. The van der Waals surface area contributed by atoms with Crippen LogP contribution in [0.2, 0.25) is 5.02 Å². The van der Waals surface area contributed by atoms with Crippen LogP contribution in [-0.4, -0.2) is 39.2 Å². The third kappa shape index (κ3) is 4.88. The van der Waals surface area contributed by atoms with Crippen molar-refractivity contribution in [3.63, 3.8) is 0 Å². The van der Waals surface area contributed by atoms with E-state index < -0.39 is 10.0 Å². The molecular formula is C26H28ClN4O3S2+. The molecule has 0 saturated carbocycles. The zero-order chi connectivity index (χ0) is 25.4. The molecule has 2 N–H and O–H groups in total. The molecule has 36 heavy (non-hydrogen) atoms. The third-order valence-corrected chi connectivity index (χ3v) is 8.83. The number of rotatable bonds is 6. The summed E-state index contributed by atoms with van der Waals surface area (Å²) >= 11 is 11.6. The van der Waals surface area contributed by atoms with Crippen LogP contribution in [0.1, 0.15) is 11.1 Å². The fourth-order valence-electron chi connectivity index (χ4n) is 4.63. The normalized spacial score (nSPS) is 14.9. The molecular weight excluding hydrogens is 516 g/mol. The van der Waals surface area contributed by atoms with Gasteiger partial charge < -0.3 is 14.2 Å². The molecule has 1 aliphatic rings. The summed E-state index contributed by atoms with van der Waals surface area (Å²) in [5, 5.41) is 0.325. The van der Waals surface area contributed by atoms with Crippen LogP contribution in [0.25, 0.3) is 11.1 Å². The van der Waals surface area contributed by atoms with E-state index in [1.807, 2.05) is 4.57 Å². The molecule has 1 aromatic heterocycles. The predicted octanol–water partition coefficient (Wildman–Crippen LogP) is 4.40. The van der Waals surface area contributed by atoms with Gasteiger partial charge in [0.1, 0.15) is 0 Å². The van der Waals surface area contributed by atoms with E-state index in [1.54, 1.807) is 36.4 Å². The topological polar surface area (TPSA) is 71.9 Å². The van der Waals surface area contributed by atoms with Crippen LogP contribution in [0.5, 0.6) is 0 Å². The summed E-state index contributed by atoms with van der Waals surface area (Å²) in [5.41, 5.74) is 5.48. The molecule has 3 aromatic carbocycles. The van der Waals surface area contributed by atoms with Gasteiger partial charge in [0.05, 0.1) is 47.3 Å². The summed E-state index contributed by atoms with van der Waals surface area (Å²) in [7, 11) is -3.85. The highest BCUT2D eigenvalue weighted by atomic mass is 35.5. The molecule has 4 aromatic rings. The number of sulfonamides is 1. The fraction of sp³-hybridized carbons (Fsp3) is 0.269. The Morgan fingerprint density at radius 2 is 1.81 bits per heavy atom. The minimum atomic E-state index is -3.85. The Kier molecular flexibility index (Phi) is 6.82. The van der Waals surface area contributed by atoms with Crippen molar-refractivity contribution in [2.75, 3.05) is 35.8 Å². The third-order valence-electron chi connectivity index (χ3n) is 6.84. The van der Waals surface area contributed by atoms with Crippen LogP contribution in [-0.2, 0) is 16.7 Å². The van der Waals surface area contributed by atoms with Crippen molar-refractivity contribution in [1.29, 1.82) is 0 Å². The molecule has 7 nitrogen and oxygen atoms in total. The SMILES string of the molecule is Cc1cccc(N2CC[NH+](Cn3c(=S)oc4cc(S(=O)(=O)Nc5ccccc5Cl)ccc43)CC2)c1C. The summed E-state index contributed by atoms with van der Waals surface area (Å²) in [6.07, 6.45) is 0. The number of nitrogens with one attached hydrogen (secondary N) is 2. The van der Waals surface area contributed by atoms with E-state index in [0.717, 1.165) is 31.7 Å². The number of para-hydroxylation sites is 1. The van der Waals surface area contributed by atoms with Gasteiger partial charge in [-0.25, -0.2) is 8.42 Å². The van der Waals surface area contributed by atoms with Gasteiger partial charge in [0.25, 0.3) is 14.9 Å². The summed E-state index contributed by atoms with van der Waals surface area (Å²) in [6.45, 7) is 8.84. The maximum Gasteiger partial charge on any atom is 0.274 e. The van der Waals surface area contributed by atoms with Crippen LogP contribution in [0, 0.1) is 18.7 Å². The highest BCUT2D eigenvalue weighted by molar-refractivity contribution is 7.92. The second-order valence-electron chi connectivity index (χ2n) is 9.13. The van der Waals surface area contributed by atoms with Crippen LogP contribution >= 0.6 is 23.8 Å². The van der Waals surface area contributed by atoms with E-state index in [1.165, 1.54) is 27.8 Å². The Morgan fingerprint density at radius 3 is 2.56 bits per heavy atom. The number of quaternary nitrogens is 1. The smallest absolute Gasteiger partial charge is 0.274 e. The highest BCUT2D eigenvalue weighted by Gasteiger charge is 2.24. The first-order valence-corrected chi connectivity index (χ1v) is 14.1. The number of hydrogen-bond acceptors (Lipinski definition) is 5. The second kappa shape index (κ2) is 9.89. The lowest BCUT2D eigenvalue weighted by Crippen LogP contribution is -3.14. The van der Waals surface area contributed by atoms with E-state index in [-0.39, 0.29) is 4.90 Å². The van der Waals surface area contributed by atoms with Crippen molar-refractivity contribution >= 4 is 56.3 Å². The molecule has 0 amide bonds. The maximum absolute atomic E-state index is 12.9. The molecule has 0 unspecified atom stereocenters. The molecule has 0 aliphatic carbocycles. The maximum atomic E-state index is 12.9. The molecule has 0 bridgehead atoms. The molecule has 0 spiro atoms. The number of piperazine rings is 1. The lowest BCUT2D eigenvalue weighted by Gasteiger charge is -2.34. The number of hydrogen-bond donors (Lipinski definition) is 2. The van der Waals surface area contributed by atoms with Gasteiger partial charge in [0.2, 0.25) is 0 Å². The Balaban J connectivity index is 1.32. The number of halogens is 1. The molecule has 10 heteroatoms. The number of anilines is 2.